The number of carbonyl (C=O) groups is 3. The van der Waals surface area contributed by atoms with Gasteiger partial charge in [0.2, 0.25) is 0 Å². The fourth-order valence-corrected chi connectivity index (χ4v) is 2.87. The molecule has 0 radical (unpaired) electrons. The minimum Gasteiger partial charge on any atom is -0.494 e. The third-order valence-corrected chi connectivity index (χ3v) is 4.66. The van der Waals surface area contributed by atoms with Crippen molar-refractivity contribution in [1.82, 2.24) is 5.32 Å². The zero-order valence-corrected chi connectivity index (χ0v) is 18.9. The van der Waals surface area contributed by atoms with Crippen molar-refractivity contribution >= 4 is 29.2 Å². The number of hydrogen-bond acceptors (Lipinski definition) is 7. The Morgan fingerprint density at radius 1 is 1.03 bits per heavy atom. The maximum absolute atomic E-state index is 12.7. The van der Waals surface area contributed by atoms with Crippen LogP contribution in [-0.4, -0.2) is 41.5 Å². The minimum absolute atomic E-state index is 0.0142. The first-order chi connectivity index (χ1) is 15.6. The van der Waals surface area contributed by atoms with Crippen LogP contribution in [0.3, 0.4) is 0 Å². The van der Waals surface area contributed by atoms with Crippen LogP contribution in [0.4, 0.5) is 11.4 Å². The van der Waals surface area contributed by atoms with Gasteiger partial charge in [-0.1, -0.05) is 26.0 Å². The monoisotopic (exact) mass is 457 g/mol. The van der Waals surface area contributed by atoms with E-state index in [2.05, 4.69) is 10.6 Å². The van der Waals surface area contributed by atoms with E-state index in [1.807, 2.05) is 6.92 Å². The van der Waals surface area contributed by atoms with Crippen molar-refractivity contribution in [2.45, 2.75) is 39.8 Å². The lowest BCUT2D eigenvalue weighted by atomic mass is 10.0. The topological polar surface area (TPSA) is 137 Å². The van der Waals surface area contributed by atoms with E-state index >= 15 is 0 Å². The van der Waals surface area contributed by atoms with Crippen LogP contribution in [-0.2, 0) is 14.3 Å². The summed E-state index contributed by atoms with van der Waals surface area (Å²) in [5, 5.41) is 16.1. The van der Waals surface area contributed by atoms with Crippen LogP contribution in [0.25, 0.3) is 0 Å². The van der Waals surface area contributed by atoms with E-state index < -0.39 is 34.9 Å². The Labute approximate surface area is 191 Å². The first-order valence-electron chi connectivity index (χ1n) is 10.4. The molecule has 33 heavy (non-hydrogen) atoms. The summed E-state index contributed by atoms with van der Waals surface area (Å²) in [5.41, 5.74) is 0.0331. The second kappa shape index (κ2) is 11.6. The van der Waals surface area contributed by atoms with Crippen molar-refractivity contribution in [3.63, 3.8) is 0 Å². The molecule has 10 heteroatoms. The van der Waals surface area contributed by atoms with Gasteiger partial charge < -0.3 is 20.1 Å². The average Bonchev–Trinajstić information content (AvgIpc) is 2.77. The van der Waals surface area contributed by atoms with Crippen molar-refractivity contribution in [3.05, 3.63) is 64.2 Å². The Morgan fingerprint density at radius 3 is 2.24 bits per heavy atom. The van der Waals surface area contributed by atoms with Crippen molar-refractivity contribution in [2.24, 2.45) is 5.92 Å². The summed E-state index contributed by atoms with van der Waals surface area (Å²) in [6.45, 7) is 7.14. The molecule has 0 saturated carbocycles. The first kappa shape index (κ1) is 25.3. The molecule has 0 spiro atoms. The van der Waals surface area contributed by atoms with Crippen LogP contribution in [0.15, 0.2) is 48.5 Å². The quantitative estimate of drug-likeness (QED) is 0.317. The van der Waals surface area contributed by atoms with Gasteiger partial charge in [0, 0.05) is 11.6 Å². The summed E-state index contributed by atoms with van der Waals surface area (Å²) < 4.78 is 10.6. The van der Waals surface area contributed by atoms with Gasteiger partial charge in [-0.15, -0.1) is 0 Å². The number of amides is 2. The number of esters is 1. The number of para-hydroxylation sites is 2. The minimum atomic E-state index is -1.25. The molecule has 2 unspecified atom stereocenters. The maximum Gasteiger partial charge on any atom is 0.329 e. The van der Waals surface area contributed by atoms with Gasteiger partial charge in [0.25, 0.3) is 17.5 Å². The molecule has 0 saturated heterocycles. The van der Waals surface area contributed by atoms with Gasteiger partial charge in [-0.25, -0.2) is 4.79 Å². The predicted octanol–water partition coefficient (Wildman–Crippen LogP) is 3.32. The Balaban J connectivity index is 2.03. The molecule has 0 fully saturated rings. The molecule has 0 aliphatic carbocycles. The van der Waals surface area contributed by atoms with Crippen LogP contribution in [0, 0.1) is 16.0 Å². The summed E-state index contributed by atoms with van der Waals surface area (Å²) in [4.78, 5) is 48.2. The largest absolute Gasteiger partial charge is 0.494 e. The van der Waals surface area contributed by atoms with E-state index in [0.29, 0.717) is 17.9 Å². The van der Waals surface area contributed by atoms with Crippen molar-refractivity contribution in [3.8, 4) is 5.75 Å². The van der Waals surface area contributed by atoms with Gasteiger partial charge in [-0.3, -0.25) is 19.7 Å². The number of carbonyl (C=O) groups excluding carboxylic acids is 3. The van der Waals surface area contributed by atoms with Crippen LogP contribution in [0.2, 0.25) is 0 Å². The molecular formula is C23H27N3O7. The summed E-state index contributed by atoms with van der Waals surface area (Å²) in [7, 11) is 0. The summed E-state index contributed by atoms with van der Waals surface area (Å²) in [5.74, 6) is -1.72. The highest BCUT2D eigenvalue weighted by Gasteiger charge is 2.30. The normalized spacial score (nSPS) is 12.4. The Hall–Kier alpha value is -3.95. The van der Waals surface area contributed by atoms with Crippen molar-refractivity contribution in [1.29, 1.82) is 0 Å². The molecule has 0 aliphatic rings. The number of ether oxygens (including phenoxy) is 2. The molecule has 176 valence electrons. The number of nitrogens with one attached hydrogen (secondary N) is 2. The van der Waals surface area contributed by atoms with E-state index in [1.54, 1.807) is 38.1 Å². The number of anilines is 1. The van der Waals surface area contributed by atoms with Crippen molar-refractivity contribution < 1.29 is 28.8 Å². The van der Waals surface area contributed by atoms with Crippen molar-refractivity contribution in [2.75, 3.05) is 11.9 Å². The van der Waals surface area contributed by atoms with E-state index in [-0.39, 0.29) is 17.3 Å². The molecule has 0 heterocycles. The smallest absolute Gasteiger partial charge is 0.329 e. The molecule has 0 aliphatic heterocycles. The van der Waals surface area contributed by atoms with E-state index in [0.717, 1.165) is 0 Å². The molecule has 0 aromatic heterocycles. The molecule has 0 bridgehead atoms. The lowest BCUT2D eigenvalue weighted by molar-refractivity contribution is -0.383. The molecule has 2 N–H and O–H groups in total. The molecule has 10 nitrogen and oxygen atoms in total. The molecule has 2 aromatic carbocycles. The highest BCUT2D eigenvalue weighted by atomic mass is 16.6. The number of nitrogens with zero attached hydrogens (tertiary/aromatic N) is 1. The Morgan fingerprint density at radius 2 is 1.67 bits per heavy atom. The number of hydrogen-bond donors (Lipinski definition) is 2. The number of benzene rings is 2. The molecular weight excluding hydrogens is 430 g/mol. The lowest BCUT2D eigenvalue weighted by Gasteiger charge is -2.23. The number of rotatable bonds is 10. The Bertz CT molecular complexity index is 1010. The molecule has 2 rings (SSSR count). The number of nitro groups is 1. The van der Waals surface area contributed by atoms with E-state index in [4.69, 9.17) is 9.47 Å². The standard InChI is InChI=1S/C23H27N3O7/c1-5-32-17-12-10-16(11-13-17)22(28)25-20(14(2)3)23(29)33-15(4)21(27)24-18-8-6-7-9-19(18)26(30)31/h6-15,20H,5H2,1-4H3,(H,24,27)(H,25,28). The third-order valence-electron chi connectivity index (χ3n) is 4.66. The van der Waals surface area contributed by atoms with Gasteiger partial charge >= 0.3 is 5.97 Å². The van der Waals surface area contributed by atoms with Gasteiger partial charge in [-0.2, -0.15) is 0 Å². The third kappa shape index (κ3) is 7.03. The second-order valence-corrected chi connectivity index (χ2v) is 7.50. The van der Waals surface area contributed by atoms with Crippen LogP contribution in [0.1, 0.15) is 38.1 Å². The van der Waals surface area contributed by atoms with Crippen LogP contribution < -0.4 is 15.4 Å². The fraction of sp³-hybridized carbons (Fsp3) is 0.348. The van der Waals surface area contributed by atoms with Gasteiger partial charge in [-0.05, 0) is 50.1 Å². The molecule has 2 aromatic rings. The highest BCUT2D eigenvalue weighted by Crippen LogP contribution is 2.23. The highest BCUT2D eigenvalue weighted by molar-refractivity contribution is 5.99. The zero-order valence-electron chi connectivity index (χ0n) is 18.9. The second-order valence-electron chi connectivity index (χ2n) is 7.50. The van der Waals surface area contributed by atoms with E-state index in [9.17, 15) is 24.5 Å². The molecule has 2 amide bonds. The fourth-order valence-electron chi connectivity index (χ4n) is 2.87. The summed E-state index contributed by atoms with van der Waals surface area (Å²) >= 11 is 0. The SMILES string of the molecule is CCOc1ccc(C(=O)NC(C(=O)OC(C)C(=O)Nc2ccccc2[N+](=O)[O-])C(C)C)cc1. The lowest BCUT2D eigenvalue weighted by Crippen LogP contribution is -2.47. The zero-order chi connectivity index (χ0) is 24.5. The summed E-state index contributed by atoms with van der Waals surface area (Å²) in [6, 6.07) is 11.1. The average molecular weight is 457 g/mol. The van der Waals surface area contributed by atoms with Crippen LogP contribution >= 0.6 is 0 Å². The van der Waals surface area contributed by atoms with Gasteiger partial charge in [0.1, 0.15) is 17.5 Å². The summed E-state index contributed by atoms with van der Waals surface area (Å²) in [6.07, 6.45) is -1.25. The van der Waals surface area contributed by atoms with Gasteiger partial charge in [0.05, 0.1) is 11.5 Å². The first-order valence-corrected chi connectivity index (χ1v) is 10.4. The predicted molar refractivity (Wildman–Crippen MR) is 121 cm³/mol. The Kier molecular flexibility index (Phi) is 8.90. The van der Waals surface area contributed by atoms with Gasteiger partial charge in [0.15, 0.2) is 6.10 Å². The number of nitro benzene ring substituents is 1. The maximum atomic E-state index is 12.7. The van der Waals surface area contributed by atoms with Crippen LogP contribution in [0.5, 0.6) is 5.75 Å². The molecule has 2 atom stereocenters. The van der Waals surface area contributed by atoms with E-state index in [1.165, 1.54) is 31.2 Å².